The second-order valence-electron chi connectivity index (χ2n) is 18.0. The van der Waals surface area contributed by atoms with Gasteiger partial charge in [-0.15, -0.1) is 0 Å². The van der Waals surface area contributed by atoms with Gasteiger partial charge in [-0.3, -0.25) is 0 Å². The molecule has 0 aromatic rings. The number of hydrogen-bond acceptors (Lipinski definition) is 13. The Balaban J connectivity index is 1.04. The van der Waals surface area contributed by atoms with Gasteiger partial charge in [0.05, 0.1) is 43.7 Å². The highest BCUT2D eigenvalue weighted by atomic mass is 16.8. The normalized spacial score (nSPS) is 59.8. The van der Waals surface area contributed by atoms with Crippen molar-refractivity contribution >= 4 is 0 Å². The number of rotatable bonds is 4. The Bertz CT molecular complexity index is 1330. The smallest absolute Gasteiger partial charge is 0.187 e. The van der Waals surface area contributed by atoms with Crippen molar-refractivity contribution in [2.24, 2.45) is 46.3 Å². The Morgan fingerprint density at radius 2 is 1.59 bits per heavy atom. The number of allylic oxidation sites excluding steroid dienone is 1. The van der Waals surface area contributed by atoms with Crippen molar-refractivity contribution < 1.29 is 64.2 Å². The van der Waals surface area contributed by atoms with Gasteiger partial charge in [0, 0.05) is 30.1 Å². The summed E-state index contributed by atoms with van der Waals surface area (Å²) in [5, 5.41) is 75.0. The summed E-state index contributed by atoms with van der Waals surface area (Å²) in [7, 11) is 0. The van der Waals surface area contributed by atoms with Crippen LogP contribution in [0.4, 0.5) is 0 Å². The van der Waals surface area contributed by atoms with E-state index in [1.54, 1.807) is 0 Å². The Labute approximate surface area is 300 Å². The van der Waals surface area contributed by atoms with E-state index in [0.29, 0.717) is 43.6 Å². The molecule has 8 rings (SSSR count). The quantitative estimate of drug-likeness (QED) is 0.203. The molecule has 51 heavy (non-hydrogen) atoms. The Kier molecular flexibility index (Phi) is 9.60. The average Bonchev–Trinajstić information content (AvgIpc) is 3.53. The van der Waals surface area contributed by atoms with E-state index >= 15 is 0 Å². The van der Waals surface area contributed by atoms with Crippen LogP contribution in [0.2, 0.25) is 0 Å². The zero-order valence-corrected chi connectivity index (χ0v) is 30.5. The monoisotopic (exact) mass is 724 g/mol. The third kappa shape index (κ3) is 5.66. The van der Waals surface area contributed by atoms with Crippen LogP contribution in [-0.2, 0) is 28.4 Å². The van der Waals surface area contributed by atoms with Gasteiger partial charge >= 0.3 is 0 Å². The molecule has 13 nitrogen and oxygen atoms in total. The summed E-state index contributed by atoms with van der Waals surface area (Å²) in [5.74, 6) is 0.859. The second-order valence-corrected chi connectivity index (χ2v) is 18.0. The van der Waals surface area contributed by atoms with E-state index < -0.39 is 84.8 Å². The van der Waals surface area contributed by atoms with Crippen molar-refractivity contribution in [2.75, 3.05) is 13.2 Å². The lowest BCUT2D eigenvalue weighted by Gasteiger charge is -2.60. The summed E-state index contributed by atoms with van der Waals surface area (Å²) in [4.78, 5) is 0. The van der Waals surface area contributed by atoms with Crippen molar-refractivity contribution in [1.29, 1.82) is 0 Å². The van der Waals surface area contributed by atoms with Gasteiger partial charge in [0.2, 0.25) is 0 Å². The highest BCUT2D eigenvalue weighted by molar-refractivity contribution is 5.29. The lowest BCUT2D eigenvalue weighted by Crippen LogP contribution is -2.63. The summed E-state index contributed by atoms with van der Waals surface area (Å²) < 4.78 is 37.8. The Morgan fingerprint density at radius 1 is 0.824 bits per heavy atom. The van der Waals surface area contributed by atoms with Crippen molar-refractivity contribution in [3.05, 3.63) is 11.6 Å². The minimum atomic E-state index is -1.62. The molecule has 1 spiro atoms. The van der Waals surface area contributed by atoms with E-state index in [1.807, 2.05) is 6.92 Å². The zero-order chi connectivity index (χ0) is 36.4. The fourth-order valence-electron chi connectivity index (χ4n) is 12.4. The Morgan fingerprint density at radius 3 is 2.33 bits per heavy atom. The molecular weight excluding hydrogens is 664 g/mol. The van der Waals surface area contributed by atoms with Gasteiger partial charge < -0.3 is 64.2 Å². The van der Waals surface area contributed by atoms with Gasteiger partial charge in [0.1, 0.15) is 36.6 Å². The molecule has 0 radical (unpaired) electrons. The van der Waals surface area contributed by atoms with Crippen LogP contribution in [0.3, 0.4) is 0 Å². The first-order chi connectivity index (χ1) is 24.1. The first-order valence-electron chi connectivity index (χ1n) is 19.4. The van der Waals surface area contributed by atoms with Crippen LogP contribution < -0.4 is 0 Å². The van der Waals surface area contributed by atoms with Crippen molar-refractivity contribution in [3.8, 4) is 0 Å². The van der Waals surface area contributed by atoms with E-state index in [-0.39, 0.29) is 35.9 Å². The SMILES string of the molecule is CC1O[C@@H](OC2C(O)[C@H](O)CO[C@@H]2O[C@@H]2C[C@H](O)CC3=CC[C@H]4C5C[C@@H]6O[C@]7(C[C@H](O)[C@@H](C)CO7)[C@@H](C)[C@@H]6[C@@]5(C)CCC4[C@]32C)C(O)C(O)[C@H]1O. The standard InChI is InChI=1S/C38H60O13/c1-16-14-47-38(13-24(16)40)17(2)28-26(51-38)12-23-21-7-6-19-10-20(39)11-27(37(19,5)22(21)8-9-36(23,28)4)49-35-33(30(43)25(41)15-46-35)50-34-32(45)31(44)29(42)18(3)48-34/h6,16-18,20-35,39-45H,7-15H2,1-5H3/t16-,17-,18?,20+,21+,22?,23?,24-,25+,26-,27+,28-,29-,30?,31?,32?,33?,34-,35+,36-,37-,38+/m0/s1. The average molecular weight is 725 g/mol. The van der Waals surface area contributed by atoms with E-state index in [2.05, 4.69) is 26.8 Å². The highest BCUT2D eigenvalue weighted by Gasteiger charge is 2.70. The van der Waals surface area contributed by atoms with E-state index in [1.165, 1.54) is 12.5 Å². The zero-order valence-electron chi connectivity index (χ0n) is 30.5. The maximum absolute atomic E-state index is 11.1. The lowest BCUT2D eigenvalue weighted by molar-refractivity contribution is -0.362. The highest BCUT2D eigenvalue weighted by Crippen LogP contribution is 2.71. The van der Waals surface area contributed by atoms with Crippen LogP contribution in [0.5, 0.6) is 0 Å². The molecule has 4 aliphatic carbocycles. The third-order valence-electron chi connectivity index (χ3n) is 15.4. The minimum absolute atomic E-state index is 0.0418. The maximum atomic E-state index is 11.1. The molecule has 8 aliphatic rings. The Hall–Kier alpha value is -0.780. The molecule has 290 valence electrons. The van der Waals surface area contributed by atoms with Crippen molar-refractivity contribution in [2.45, 2.75) is 165 Å². The maximum Gasteiger partial charge on any atom is 0.187 e. The molecule has 4 saturated heterocycles. The van der Waals surface area contributed by atoms with Gasteiger partial charge in [-0.1, -0.05) is 39.3 Å². The number of hydrogen-bond donors (Lipinski definition) is 7. The molecule has 13 heteroatoms. The van der Waals surface area contributed by atoms with Gasteiger partial charge in [0.25, 0.3) is 0 Å². The number of ether oxygens (including phenoxy) is 6. The predicted octanol–water partition coefficient (Wildman–Crippen LogP) is 0.971. The van der Waals surface area contributed by atoms with E-state index in [9.17, 15) is 35.7 Å². The molecule has 4 heterocycles. The first kappa shape index (κ1) is 37.2. The second kappa shape index (κ2) is 13.2. The van der Waals surface area contributed by atoms with Gasteiger partial charge in [0.15, 0.2) is 18.4 Å². The number of aliphatic hydroxyl groups is 7. The molecule has 3 saturated carbocycles. The van der Waals surface area contributed by atoms with Gasteiger partial charge in [-0.2, -0.15) is 0 Å². The third-order valence-corrected chi connectivity index (χ3v) is 15.4. The molecule has 0 bridgehead atoms. The fourth-order valence-corrected chi connectivity index (χ4v) is 12.4. The summed E-state index contributed by atoms with van der Waals surface area (Å²) in [6.45, 7) is 10.8. The number of aliphatic hydroxyl groups excluding tert-OH is 7. The summed E-state index contributed by atoms with van der Waals surface area (Å²) in [6, 6.07) is 0. The predicted molar refractivity (Wildman–Crippen MR) is 178 cm³/mol. The summed E-state index contributed by atoms with van der Waals surface area (Å²) in [6.07, 6.45) is -5.94. The van der Waals surface area contributed by atoms with Crippen LogP contribution in [0.25, 0.3) is 0 Å². The topological polar surface area (TPSA) is 197 Å². The van der Waals surface area contributed by atoms with Crippen LogP contribution in [0.15, 0.2) is 11.6 Å². The summed E-state index contributed by atoms with van der Waals surface area (Å²) >= 11 is 0. The van der Waals surface area contributed by atoms with Crippen molar-refractivity contribution in [1.82, 2.24) is 0 Å². The molecular formula is C38H60O13. The van der Waals surface area contributed by atoms with Crippen LogP contribution in [0.1, 0.15) is 79.6 Å². The fraction of sp³-hybridized carbons (Fsp3) is 0.947. The molecule has 0 aromatic heterocycles. The van der Waals surface area contributed by atoms with E-state index in [4.69, 9.17) is 28.4 Å². The molecule has 7 unspecified atom stereocenters. The lowest BCUT2D eigenvalue weighted by atomic mass is 9.46. The van der Waals surface area contributed by atoms with Crippen LogP contribution in [-0.4, -0.2) is 134 Å². The van der Waals surface area contributed by atoms with Crippen molar-refractivity contribution in [3.63, 3.8) is 0 Å². The minimum Gasteiger partial charge on any atom is -0.393 e. The van der Waals surface area contributed by atoms with Gasteiger partial charge in [-0.05, 0) is 68.1 Å². The van der Waals surface area contributed by atoms with Gasteiger partial charge in [-0.25, -0.2) is 0 Å². The molecule has 4 aliphatic heterocycles. The molecule has 0 aromatic carbocycles. The van der Waals surface area contributed by atoms with Crippen LogP contribution in [0, 0.1) is 46.3 Å². The summed E-state index contributed by atoms with van der Waals surface area (Å²) in [5.41, 5.74) is 0.759. The molecule has 7 fully saturated rings. The molecule has 7 N–H and O–H groups in total. The largest absolute Gasteiger partial charge is 0.393 e. The number of fused-ring (bicyclic) bond motifs is 7. The molecule has 0 amide bonds. The van der Waals surface area contributed by atoms with Crippen LogP contribution >= 0.6 is 0 Å². The van der Waals surface area contributed by atoms with E-state index in [0.717, 1.165) is 25.7 Å². The first-order valence-corrected chi connectivity index (χ1v) is 19.4. The molecule has 22 atom stereocenters.